The zero-order chi connectivity index (χ0) is 9.10. The van der Waals surface area contributed by atoms with Gasteiger partial charge in [-0.05, 0) is 22.4 Å². The third kappa shape index (κ3) is 2.16. The van der Waals surface area contributed by atoms with E-state index < -0.39 is 0 Å². The van der Waals surface area contributed by atoms with Gasteiger partial charge in [0.15, 0.2) is 5.82 Å². The fraction of sp³-hybridized carbons (Fsp3) is 0.250. The van der Waals surface area contributed by atoms with E-state index in [2.05, 4.69) is 37.5 Å². The number of hydrogen-bond donors (Lipinski definition) is 0. The number of aromatic nitrogens is 2. The molecule has 0 fully saturated rings. The van der Waals surface area contributed by atoms with E-state index in [9.17, 15) is 0 Å². The summed E-state index contributed by atoms with van der Waals surface area (Å²) in [6.45, 7) is 0. The quantitative estimate of drug-likeness (QED) is 0.795. The number of hydrogen-bond acceptors (Lipinski definition) is 4. The van der Waals surface area contributed by atoms with Crippen molar-refractivity contribution in [3.63, 3.8) is 0 Å². The average molecular weight is 259 g/mol. The lowest BCUT2D eigenvalue weighted by molar-refractivity contribution is 0.381. The Balaban J connectivity index is 2.10. The van der Waals surface area contributed by atoms with Gasteiger partial charge in [0.25, 0.3) is 0 Å². The first-order valence-electron chi connectivity index (χ1n) is 3.77. The molecule has 13 heavy (non-hydrogen) atoms. The van der Waals surface area contributed by atoms with Crippen LogP contribution in [-0.2, 0) is 11.8 Å². The Morgan fingerprint density at radius 1 is 1.54 bits per heavy atom. The molecule has 0 aromatic carbocycles. The van der Waals surface area contributed by atoms with E-state index in [-0.39, 0.29) is 0 Å². The van der Waals surface area contributed by atoms with E-state index in [1.807, 2.05) is 5.38 Å². The number of thiophene rings is 1. The maximum atomic E-state index is 5.04. The number of halogens is 1. The van der Waals surface area contributed by atoms with Crippen molar-refractivity contribution in [1.29, 1.82) is 0 Å². The molecule has 5 heteroatoms. The molecular formula is C8H7BrN2OS. The Morgan fingerprint density at radius 3 is 3.08 bits per heavy atom. The van der Waals surface area contributed by atoms with E-state index in [1.54, 1.807) is 11.3 Å². The smallest absolute Gasteiger partial charge is 0.231 e. The second kappa shape index (κ2) is 4.02. The Bertz CT molecular complexity index is 371. The molecule has 0 saturated carbocycles. The lowest BCUT2D eigenvalue weighted by Gasteiger charge is -1.87. The van der Waals surface area contributed by atoms with Crippen LogP contribution >= 0.6 is 27.3 Å². The molecule has 2 aromatic heterocycles. The second-order valence-corrected chi connectivity index (χ2v) is 3.89. The monoisotopic (exact) mass is 258 g/mol. The summed E-state index contributed by atoms with van der Waals surface area (Å²) in [6.07, 6.45) is 0.726. The molecule has 2 rings (SSSR count). The van der Waals surface area contributed by atoms with Crippen LogP contribution in [0.1, 0.15) is 17.3 Å². The van der Waals surface area contributed by atoms with Crippen LogP contribution in [0.15, 0.2) is 21.3 Å². The van der Waals surface area contributed by atoms with E-state index >= 15 is 0 Å². The Morgan fingerprint density at radius 2 is 2.46 bits per heavy atom. The van der Waals surface area contributed by atoms with Crippen molar-refractivity contribution in [3.05, 3.63) is 34.1 Å². The molecule has 2 aromatic rings. The molecule has 0 radical (unpaired) electrons. The summed E-state index contributed by atoms with van der Waals surface area (Å²) in [5.41, 5.74) is 1.22. The molecule has 0 amide bonds. The molecule has 2 heterocycles. The zero-order valence-electron chi connectivity index (χ0n) is 6.74. The summed E-state index contributed by atoms with van der Waals surface area (Å²) in [5.74, 6) is 1.37. The maximum absolute atomic E-state index is 5.04. The maximum Gasteiger partial charge on any atom is 0.231 e. The molecule has 0 aliphatic rings. The highest BCUT2D eigenvalue weighted by Gasteiger charge is 2.05. The van der Waals surface area contributed by atoms with Crippen molar-refractivity contribution in [2.24, 2.45) is 0 Å². The standard InChI is InChI=1S/C8H7BrN2OS/c9-4-7-10-8(12-11-7)3-6-1-2-13-5-6/h1-2,5H,3-4H2. The topological polar surface area (TPSA) is 38.9 Å². The van der Waals surface area contributed by atoms with Gasteiger partial charge in [0, 0.05) is 0 Å². The van der Waals surface area contributed by atoms with Crippen molar-refractivity contribution >= 4 is 27.3 Å². The van der Waals surface area contributed by atoms with E-state index in [4.69, 9.17) is 4.52 Å². The van der Waals surface area contributed by atoms with Gasteiger partial charge in [0.2, 0.25) is 5.89 Å². The van der Waals surface area contributed by atoms with E-state index in [1.165, 1.54) is 5.56 Å². The predicted molar refractivity (Wildman–Crippen MR) is 54.1 cm³/mol. The van der Waals surface area contributed by atoms with Crippen LogP contribution in [0.25, 0.3) is 0 Å². The van der Waals surface area contributed by atoms with Gasteiger partial charge in [-0.15, -0.1) is 0 Å². The molecule has 3 nitrogen and oxygen atoms in total. The van der Waals surface area contributed by atoms with E-state index in [0.29, 0.717) is 17.0 Å². The molecule has 0 atom stereocenters. The third-order valence-electron chi connectivity index (χ3n) is 1.57. The highest BCUT2D eigenvalue weighted by Crippen LogP contribution is 2.11. The summed E-state index contributed by atoms with van der Waals surface area (Å²) < 4.78 is 5.04. The second-order valence-electron chi connectivity index (χ2n) is 2.55. The molecule has 0 N–H and O–H groups in total. The first kappa shape index (κ1) is 8.90. The minimum absolute atomic E-state index is 0.639. The van der Waals surface area contributed by atoms with Crippen LogP contribution < -0.4 is 0 Å². The minimum Gasteiger partial charge on any atom is -0.339 e. The molecule has 0 bridgehead atoms. The fourth-order valence-electron chi connectivity index (χ4n) is 0.984. The summed E-state index contributed by atoms with van der Waals surface area (Å²) in [4.78, 5) is 4.18. The van der Waals surface area contributed by atoms with Gasteiger partial charge in [-0.1, -0.05) is 21.1 Å². The Labute approximate surface area is 87.9 Å². The van der Waals surface area contributed by atoms with Crippen LogP contribution in [0, 0.1) is 0 Å². The van der Waals surface area contributed by atoms with Crippen LogP contribution in [0.5, 0.6) is 0 Å². The molecule has 0 unspecified atom stereocenters. The fourth-order valence-corrected chi connectivity index (χ4v) is 1.88. The minimum atomic E-state index is 0.639. The number of rotatable bonds is 3. The largest absolute Gasteiger partial charge is 0.339 e. The van der Waals surface area contributed by atoms with Gasteiger partial charge in [-0.2, -0.15) is 16.3 Å². The summed E-state index contributed by atoms with van der Waals surface area (Å²) >= 11 is 4.94. The normalized spacial score (nSPS) is 10.5. The van der Waals surface area contributed by atoms with Crippen LogP contribution in [0.3, 0.4) is 0 Å². The zero-order valence-corrected chi connectivity index (χ0v) is 9.14. The van der Waals surface area contributed by atoms with Crippen LogP contribution in [-0.4, -0.2) is 10.1 Å². The SMILES string of the molecule is BrCc1noc(Cc2ccsc2)n1. The van der Waals surface area contributed by atoms with Gasteiger partial charge in [0.05, 0.1) is 11.8 Å². The first-order chi connectivity index (χ1) is 6.38. The Kier molecular flexibility index (Phi) is 2.75. The highest BCUT2D eigenvalue weighted by molar-refractivity contribution is 9.08. The predicted octanol–water partition coefficient (Wildman–Crippen LogP) is 2.62. The molecular weight excluding hydrogens is 252 g/mol. The lowest BCUT2D eigenvalue weighted by Crippen LogP contribution is -1.86. The summed E-state index contributed by atoms with van der Waals surface area (Å²) in [5, 5.41) is 8.54. The summed E-state index contributed by atoms with van der Waals surface area (Å²) in [6, 6.07) is 2.06. The third-order valence-corrected chi connectivity index (χ3v) is 2.80. The van der Waals surface area contributed by atoms with Crippen molar-refractivity contribution in [1.82, 2.24) is 10.1 Å². The van der Waals surface area contributed by atoms with Crippen LogP contribution in [0.2, 0.25) is 0 Å². The lowest BCUT2D eigenvalue weighted by atomic mass is 10.2. The molecule has 68 valence electrons. The summed E-state index contributed by atoms with van der Waals surface area (Å²) in [7, 11) is 0. The average Bonchev–Trinajstić information content (AvgIpc) is 2.76. The van der Waals surface area contributed by atoms with Crippen molar-refractivity contribution < 1.29 is 4.52 Å². The first-order valence-corrected chi connectivity index (χ1v) is 5.83. The number of nitrogens with zero attached hydrogens (tertiary/aromatic N) is 2. The van der Waals surface area contributed by atoms with E-state index in [0.717, 1.165) is 6.42 Å². The Hall–Kier alpha value is -0.680. The molecule has 0 spiro atoms. The molecule has 0 saturated heterocycles. The van der Waals surface area contributed by atoms with Gasteiger partial charge in [-0.25, -0.2) is 0 Å². The van der Waals surface area contributed by atoms with Crippen molar-refractivity contribution in [2.75, 3.05) is 0 Å². The molecule has 0 aliphatic heterocycles. The van der Waals surface area contributed by atoms with Crippen molar-refractivity contribution in [2.45, 2.75) is 11.8 Å². The highest BCUT2D eigenvalue weighted by atomic mass is 79.9. The number of alkyl halides is 1. The van der Waals surface area contributed by atoms with Gasteiger partial charge in [0.1, 0.15) is 0 Å². The van der Waals surface area contributed by atoms with Crippen molar-refractivity contribution in [3.8, 4) is 0 Å². The van der Waals surface area contributed by atoms with Gasteiger partial charge >= 0.3 is 0 Å². The molecule has 0 aliphatic carbocycles. The van der Waals surface area contributed by atoms with Gasteiger partial charge in [-0.3, -0.25) is 0 Å². The van der Waals surface area contributed by atoms with Gasteiger partial charge < -0.3 is 4.52 Å². The van der Waals surface area contributed by atoms with Crippen LogP contribution in [0.4, 0.5) is 0 Å².